The lowest BCUT2D eigenvalue weighted by atomic mass is 10.0. The van der Waals surface area contributed by atoms with E-state index in [1.807, 2.05) is 4.68 Å². The van der Waals surface area contributed by atoms with E-state index in [0.29, 0.717) is 6.54 Å². The molecule has 3 aromatic carbocycles. The van der Waals surface area contributed by atoms with Gasteiger partial charge in [-0.25, -0.2) is 9.07 Å². The summed E-state index contributed by atoms with van der Waals surface area (Å²) in [5.41, 5.74) is 4.71. The van der Waals surface area contributed by atoms with Crippen molar-refractivity contribution in [1.82, 2.24) is 30.0 Å². The summed E-state index contributed by atoms with van der Waals surface area (Å²) in [5, 5.41) is 12.8. The molecule has 1 aromatic heterocycles. The Morgan fingerprint density at radius 2 is 1.47 bits per heavy atom. The summed E-state index contributed by atoms with van der Waals surface area (Å²) >= 11 is 0. The largest absolute Gasteiger partial charge is 0.297 e. The third-order valence-corrected chi connectivity index (χ3v) is 6.46. The number of hydrogen-bond acceptors (Lipinski definition) is 5. The highest BCUT2D eigenvalue weighted by Crippen LogP contribution is 2.29. The Hall–Kier alpha value is -3.42. The third kappa shape index (κ3) is 5.21. The Kier molecular flexibility index (Phi) is 6.74. The zero-order chi connectivity index (χ0) is 23.3. The highest BCUT2D eigenvalue weighted by molar-refractivity contribution is 5.29. The van der Waals surface area contributed by atoms with Crippen LogP contribution in [-0.2, 0) is 13.1 Å². The lowest BCUT2D eigenvalue weighted by Gasteiger charge is -2.39. The van der Waals surface area contributed by atoms with Gasteiger partial charge in [0.05, 0.1) is 12.6 Å². The molecule has 1 saturated heterocycles. The van der Waals surface area contributed by atoms with Gasteiger partial charge in [0.25, 0.3) is 0 Å². The summed E-state index contributed by atoms with van der Waals surface area (Å²) in [7, 11) is 0. The van der Waals surface area contributed by atoms with Gasteiger partial charge < -0.3 is 0 Å². The Balaban J connectivity index is 1.38. The smallest absolute Gasteiger partial charge is 0.173 e. The Bertz CT molecular complexity index is 1180. The molecule has 1 aliphatic heterocycles. The molecule has 0 spiro atoms. The Labute approximate surface area is 199 Å². The van der Waals surface area contributed by atoms with Crippen molar-refractivity contribution in [1.29, 1.82) is 0 Å². The second-order valence-electron chi connectivity index (χ2n) is 8.93. The number of halogens is 1. The van der Waals surface area contributed by atoms with E-state index in [1.54, 1.807) is 12.1 Å². The number of benzene rings is 3. The number of hydrogen-bond donors (Lipinski definition) is 0. The van der Waals surface area contributed by atoms with Gasteiger partial charge in [-0.05, 0) is 46.2 Å². The minimum absolute atomic E-state index is 0.0464. The zero-order valence-electron chi connectivity index (χ0n) is 19.4. The summed E-state index contributed by atoms with van der Waals surface area (Å²) in [6, 6.07) is 25.7. The van der Waals surface area contributed by atoms with E-state index in [-0.39, 0.29) is 11.9 Å². The quantitative estimate of drug-likeness (QED) is 0.420. The Morgan fingerprint density at radius 3 is 2.18 bits per heavy atom. The average Bonchev–Trinajstić information content (AvgIpc) is 3.31. The van der Waals surface area contributed by atoms with E-state index in [9.17, 15) is 4.39 Å². The van der Waals surface area contributed by atoms with Crippen molar-refractivity contribution in [3.05, 3.63) is 113 Å². The molecule has 1 aliphatic rings. The van der Waals surface area contributed by atoms with Gasteiger partial charge in [0.1, 0.15) is 5.82 Å². The molecule has 0 bridgehead atoms. The zero-order valence-corrected chi connectivity index (χ0v) is 19.4. The molecular formula is C27H29FN6. The summed E-state index contributed by atoms with van der Waals surface area (Å²) in [6.45, 7) is 7.38. The number of rotatable bonds is 7. The van der Waals surface area contributed by atoms with Crippen molar-refractivity contribution < 1.29 is 4.39 Å². The first kappa shape index (κ1) is 22.4. The van der Waals surface area contributed by atoms with Crippen LogP contribution in [-0.4, -0.2) is 56.2 Å². The number of piperazine rings is 1. The fourth-order valence-corrected chi connectivity index (χ4v) is 4.58. The molecule has 0 N–H and O–H groups in total. The lowest BCUT2D eigenvalue weighted by Crippen LogP contribution is -2.48. The van der Waals surface area contributed by atoms with Crippen molar-refractivity contribution in [3.63, 3.8) is 0 Å². The monoisotopic (exact) mass is 456 g/mol. The van der Waals surface area contributed by atoms with Crippen molar-refractivity contribution >= 4 is 0 Å². The van der Waals surface area contributed by atoms with E-state index in [4.69, 9.17) is 0 Å². The van der Waals surface area contributed by atoms with E-state index in [0.717, 1.165) is 44.1 Å². The second-order valence-corrected chi connectivity index (χ2v) is 8.93. The van der Waals surface area contributed by atoms with Gasteiger partial charge in [0, 0.05) is 32.7 Å². The number of tetrazole rings is 1. The average molecular weight is 457 g/mol. The molecule has 6 nitrogen and oxygen atoms in total. The van der Waals surface area contributed by atoms with Crippen molar-refractivity contribution in [2.24, 2.45) is 0 Å². The molecule has 2 heterocycles. The van der Waals surface area contributed by atoms with Crippen LogP contribution in [0.25, 0.3) is 0 Å². The first-order valence-corrected chi connectivity index (χ1v) is 11.7. The third-order valence-electron chi connectivity index (χ3n) is 6.46. The number of nitrogens with zero attached hydrogens (tertiary/aromatic N) is 6. The molecule has 174 valence electrons. The molecule has 0 radical (unpaired) electrons. The van der Waals surface area contributed by atoms with Gasteiger partial charge in [-0.2, -0.15) is 0 Å². The molecular weight excluding hydrogens is 427 g/mol. The SMILES string of the molecule is Cc1ccc(C(c2nnnn2Cc2ccc(F)cc2)N2CCN(Cc3ccccc3)CC2)cc1. The highest BCUT2D eigenvalue weighted by atomic mass is 19.1. The predicted octanol–water partition coefficient (Wildman–Crippen LogP) is 4.08. The lowest BCUT2D eigenvalue weighted by molar-refractivity contribution is 0.100. The fraction of sp³-hybridized carbons (Fsp3) is 0.296. The molecule has 4 aromatic rings. The normalized spacial score (nSPS) is 15.9. The van der Waals surface area contributed by atoms with Gasteiger partial charge in [0.15, 0.2) is 5.82 Å². The van der Waals surface area contributed by atoms with Crippen LogP contribution < -0.4 is 0 Å². The van der Waals surface area contributed by atoms with Crippen molar-refractivity contribution in [3.8, 4) is 0 Å². The number of aromatic nitrogens is 4. The topological polar surface area (TPSA) is 50.1 Å². The molecule has 1 fully saturated rings. The molecule has 1 atom stereocenters. The maximum atomic E-state index is 13.4. The summed E-state index contributed by atoms with van der Waals surface area (Å²) in [4.78, 5) is 4.97. The molecule has 5 rings (SSSR count). The summed E-state index contributed by atoms with van der Waals surface area (Å²) in [6.07, 6.45) is 0. The van der Waals surface area contributed by atoms with Crippen LogP contribution in [0.15, 0.2) is 78.9 Å². The van der Waals surface area contributed by atoms with Crippen LogP contribution in [0.1, 0.15) is 34.1 Å². The van der Waals surface area contributed by atoms with Gasteiger partial charge in [-0.15, -0.1) is 5.10 Å². The fourth-order valence-electron chi connectivity index (χ4n) is 4.58. The Morgan fingerprint density at radius 1 is 0.794 bits per heavy atom. The van der Waals surface area contributed by atoms with Gasteiger partial charge >= 0.3 is 0 Å². The standard InChI is InChI=1S/C27H29FN6/c1-21-7-11-24(12-8-21)26(27-29-30-31-34(27)20-23-9-13-25(28)14-10-23)33-17-15-32(16-18-33)19-22-5-3-2-4-6-22/h2-14,26H,15-20H2,1H3. The molecule has 0 aliphatic carbocycles. The van der Waals surface area contributed by atoms with E-state index >= 15 is 0 Å². The van der Waals surface area contributed by atoms with Gasteiger partial charge in [-0.1, -0.05) is 72.3 Å². The van der Waals surface area contributed by atoms with Crippen molar-refractivity contribution in [2.75, 3.05) is 26.2 Å². The van der Waals surface area contributed by atoms with E-state index < -0.39 is 0 Å². The predicted molar refractivity (Wildman–Crippen MR) is 130 cm³/mol. The first-order chi connectivity index (χ1) is 16.7. The van der Waals surface area contributed by atoms with Crippen LogP contribution >= 0.6 is 0 Å². The maximum absolute atomic E-state index is 13.4. The summed E-state index contributed by atoms with van der Waals surface area (Å²) < 4.78 is 15.2. The van der Waals surface area contributed by atoms with Crippen LogP contribution in [0.5, 0.6) is 0 Å². The van der Waals surface area contributed by atoms with E-state index in [2.05, 4.69) is 86.8 Å². The van der Waals surface area contributed by atoms with Gasteiger partial charge in [0.2, 0.25) is 0 Å². The molecule has 34 heavy (non-hydrogen) atoms. The minimum Gasteiger partial charge on any atom is -0.297 e. The highest BCUT2D eigenvalue weighted by Gasteiger charge is 2.30. The molecule has 1 unspecified atom stereocenters. The first-order valence-electron chi connectivity index (χ1n) is 11.7. The maximum Gasteiger partial charge on any atom is 0.173 e. The minimum atomic E-state index is -0.244. The van der Waals surface area contributed by atoms with Crippen LogP contribution in [0.4, 0.5) is 4.39 Å². The number of aryl methyl sites for hydroxylation is 1. The van der Waals surface area contributed by atoms with Crippen LogP contribution in [0.2, 0.25) is 0 Å². The van der Waals surface area contributed by atoms with Crippen LogP contribution in [0, 0.1) is 12.7 Å². The summed E-state index contributed by atoms with van der Waals surface area (Å²) in [5.74, 6) is 0.566. The van der Waals surface area contributed by atoms with E-state index in [1.165, 1.54) is 28.8 Å². The molecule has 7 heteroatoms. The van der Waals surface area contributed by atoms with Crippen LogP contribution in [0.3, 0.4) is 0 Å². The second kappa shape index (κ2) is 10.2. The molecule has 0 amide bonds. The molecule has 0 saturated carbocycles. The van der Waals surface area contributed by atoms with Crippen molar-refractivity contribution in [2.45, 2.75) is 26.1 Å². The van der Waals surface area contributed by atoms with Gasteiger partial charge in [-0.3, -0.25) is 9.80 Å².